The Hall–Kier alpha value is -0.410. The van der Waals surface area contributed by atoms with Gasteiger partial charge in [0.05, 0.1) is 18.2 Å². The van der Waals surface area contributed by atoms with E-state index >= 15 is 0 Å². The Morgan fingerprint density at radius 1 is 1.00 bits per heavy atom. The molecular formula is C23H35NO2. The largest absolute Gasteiger partial charge is 0.370 e. The van der Waals surface area contributed by atoms with Gasteiger partial charge in [-0.3, -0.25) is 9.69 Å². The van der Waals surface area contributed by atoms with Gasteiger partial charge in [-0.05, 0) is 100.0 Å². The topological polar surface area (TPSA) is 32.8 Å². The second-order valence-electron chi connectivity index (χ2n) is 11.1. The van der Waals surface area contributed by atoms with Gasteiger partial charge in [0.15, 0.2) is 5.78 Å². The van der Waals surface area contributed by atoms with Crippen LogP contribution in [0.5, 0.6) is 0 Å². The monoisotopic (exact) mass is 357 g/mol. The van der Waals surface area contributed by atoms with Gasteiger partial charge in [0.25, 0.3) is 0 Å². The molecule has 0 radical (unpaired) electrons. The molecule has 4 unspecified atom stereocenters. The summed E-state index contributed by atoms with van der Waals surface area (Å²) in [6.45, 7) is 7.27. The minimum absolute atomic E-state index is 0.0229. The van der Waals surface area contributed by atoms with Crippen LogP contribution < -0.4 is 0 Å². The Balaban J connectivity index is 1.30. The summed E-state index contributed by atoms with van der Waals surface area (Å²) in [5.74, 6) is 3.78. The lowest BCUT2D eigenvalue weighted by Crippen LogP contribution is -2.53. The highest BCUT2D eigenvalue weighted by Crippen LogP contribution is 2.67. The number of likely N-dealkylation sites (tertiary alicyclic amines) is 1. The molecule has 6 rings (SSSR count). The fraction of sp³-hybridized carbons (Fsp3) is 0.957. The van der Waals surface area contributed by atoms with Gasteiger partial charge < -0.3 is 4.74 Å². The highest BCUT2D eigenvalue weighted by Gasteiger charge is 2.65. The molecule has 0 amide bonds. The van der Waals surface area contributed by atoms with E-state index in [4.69, 9.17) is 4.74 Å². The van der Waals surface area contributed by atoms with Crippen LogP contribution in [0, 0.1) is 34.5 Å². The molecule has 0 aromatic rings. The third-order valence-electron chi connectivity index (χ3n) is 10.2. The van der Waals surface area contributed by atoms with Gasteiger partial charge >= 0.3 is 0 Å². The quantitative estimate of drug-likeness (QED) is 0.664. The van der Waals surface area contributed by atoms with Crippen LogP contribution in [0.1, 0.15) is 71.6 Å². The van der Waals surface area contributed by atoms with E-state index in [1.807, 2.05) is 0 Å². The number of nitrogens with zero attached hydrogens (tertiary/aromatic N) is 1. The standard InChI is InChI=1S/C23H35NO2/c1-22-8-7-16-15(6-5-14-11-19-20(26-19)13-23(14,16)2)17(22)12-18(21(22)25)24-9-3-4-10-24/h14-20H,3-13H2,1-2H3/t14?,15?,16?,17?,18-,19+,20-,22+,23+/m1/s1. The van der Waals surface area contributed by atoms with Crippen molar-refractivity contribution in [3.63, 3.8) is 0 Å². The van der Waals surface area contributed by atoms with E-state index in [2.05, 4.69) is 18.7 Å². The van der Waals surface area contributed by atoms with E-state index in [9.17, 15) is 4.79 Å². The van der Waals surface area contributed by atoms with E-state index in [1.165, 1.54) is 51.4 Å². The summed E-state index contributed by atoms with van der Waals surface area (Å²) in [7, 11) is 0. The van der Waals surface area contributed by atoms with Gasteiger partial charge in [-0.15, -0.1) is 0 Å². The van der Waals surface area contributed by atoms with Crippen molar-refractivity contribution >= 4 is 5.78 Å². The molecule has 0 aromatic carbocycles. The molecule has 2 aliphatic heterocycles. The molecule has 6 aliphatic rings. The molecule has 0 N–H and O–H groups in total. The van der Waals surface area contributed by atoms with E-state index in [1.54, 1.807) is 0 Å². The number of epoxide rings is 1. The van der Waals surface area contributed by atoms with Crippen molar-refractivity contribution in [2.45, 2.75) is 89.9 Å². The zero-order valence-corrected chi connectivity index (χ0v) is 16.6. The normalized spacial score (nSPS) is 58.7. The van der Waals surface area contributed by atoms with Gasteiger partial charge in [0.1, 0.15) is 0 Å². The Bertz CT molecular complexity index is 628. The summed E-state index contributed by atoms with van der Waals surface area (Å²) in [5, 5.41) is 0. The highest BCUT2D eigenvalue weighted by atomic mass is 16.6. The number of fused-ring (bicyclic) bond motifs is 6. The first-order chi connectivity index (χ1) is 12.5. The van der Waals surface area contributed by atoms with E-state index in [-0.39, 0.29) is 11.5 Å². The minimum Gasteiger partial charge on any atom is -0.370 e. The maximum absolute atomic E-state index is 13.5. The van der Waals surface area contributed by atoms with Gasteiger partial charge in [-0.2, -0.15) is 0 Å². The number of rotatable bonds is 1. The molecule has 3 heteroatoms. The molecule has 0 spiro atoms. The number of Topliss-reactive ketones (excluding diaryl/α,β-unsaturated/α-hetero) is 1. The summed E-state index contributed by atoms with van der Waals surface area (Å²) in [6, 6.07) is 0.249. The second kappa shape index (κ2) is 5.35. The molecule has 3 nitrogen and oxygen atoms in total. The molecule has 2 saturated heterocycles. The zero-order valence-electron chi connectivity index (χ0n) is 16.6. The van der Waals surface area contributed by atoms with Crippen molar-refractivity contribution < 1.29 is 9.53 Å². The second-order valence-corrected chi connectivity index (χ2v) is 11.1. The number of ketones is 1. The van der Waals surface area contributed by atoms with Crippen LogP contribution in [0.4, 0.5) is 0 Å². The summed E-state index contributed by atoms with van der Waals surface area (Å²) in [4.78, 5) is 16.0. The van der Waals surface area contributed by atoms with Crippen LogP contribution in [-0.4, -0.2) is 42.0 Å². The first kappa shape index (κ1) is 16.5. The molecule has 9 atom stereocenters. The average molecular weight is 358 g/mol. The fourth-order valence-electron chi connectivity index (χ4n) is 8.68. The van der Waals surface area contributed by atoms with Gasteiger partial charge in [0.2, 0.25) is 0 Å². The third-order valence-corrected chi connectivity index (χ3v) is 10.2. The fourth-order valence-corrected chi connectivity index (χ4v) is 8.68. The summed E-state index contributed by atoms with van der Waals surface area (Å²) in [6.07, 6.45) is 12.8. The molecule has 144 valence electrons. The molecule has 0 bridgehead atoms. The summed E-state index contributed by atoms with van der Waals surface area (Å²) < 4.78 is 5.96. The maximum atomic E-state index is 13.5. The molecular weight excluding hydrogens is 322 g/mol. The van der Waals surface area contributed by atoms with E-state index < -0.39 is 0 Å². The highest BCUT2D eigenvalue weighted by molar-refractivity contribution is 5.92. The van der Waals surface area contributed by atoms with E-state index in [0.29, 0.717) is 29.3 Å². The molecule has 26 heavy (non-hydrogen) atoms. The first-order valence-electron chi connectivity index (χ1n) is 11.4. The maximum Gasteiger partial charge on any atom is 0.156 e. The lowest BCUT2D eigenvalue weighted by Gasteiger charge is -2.58. The SMILES string of the molecule is C[C@]12C[C@H]3O[C@H]3CC1CCC1C2CC[C@]2(C)C(=O)[C@H](N3CCCC3)CC12. The predicted molar refractivity (Wildman–Crippen MR) is 101 cm³/mol. The first-order valence-corrected chi connectivity index (χ1v) is 11.4. The van der Waals surface area contributed by atoms with Gasteiger partial charge in [0, 0.05) is 5.41 Å². The molecule has 0 aromatic heterocycles. The Labute approximate surface area is 158 Å². The zero-order chi connectivity index (χ0) is 17.7. The van der Waals surface area contributed by atoms with Crippen molar-refractivity contribution in [1.82, 2.24) is 4.90 Å². The third kappa shape index (κ3) is 2.05. The van der Waals surface area contributed by atoms with Crippen LogP contribution in [0.25, 0.3) is 0 Å². The van der Waals surface area contributed by atoms with Crippen LogP contribution in [0.15, 0.2) is 0 Å². The molecule has 4 aliphatic carbocycles. The Morgan fingerprint density at radius 2 is 1.81 bits per heavy atom. The Morgan fingerprint density at radius 3 is 2.62 bits per heavy atom. The summed E-state index contributed by atoms with van der Waals surface area (Å²) in [5.41, 5.74) is 0.460. The van der Waals surface area contributed by atoms with Crippen LogP contribution in [-0.2, 0) is 9.53 Å². The lowest BCUT2D eigenvalue weighted by molar-refractivity contribution is -0.139. The predicted octanol–water partition coefficient (Wildman–Crippen LogP) is 4.05. The summed E-state index contributed by atoms with van der Waals surface area (Å²) >= 11 is 0. The number of ether oxygens (including phenoxy) is 1. The van der Waals surface area contributed by atoms with E-state index in [0.717, 1.165) is 37.3 Å². The van der Waals surface area contributed by atoms with Crippen molar-refractivity contribution in [2.24, 2.45) is 34.5 Å². The van der Waals surface area contributed by atoms with Crippen molar-refractivity contribution in [3.8, 4) is 0 Å². The number of hydrogen-bond acceptors (Lipinski definition) is 3. The average Bonchev–Trinajstić information content (AvgIpc) is 3.02. The Kier molecular flexibility index (Phi) is 3.40. The number of hydrogen-bond donors (Lipinski definition) is 0. The number of carbonyl (C=O) groups is 1. The van der Waals surface area contributed by atoms with Gasteiger partial charge in [-0.1, -0.05) is 13.8 Å². The molecule has 4 saturated carbocycles. The van der Waals surface area contributed by atoms with Crippen LogP contribution in [0.2, 0.25) is 0 Å². The van der Waals surface area contributed by atoms with Crippen LogP contribution >= 0.6 is 0 Å². The van der Waals surface area contributed by atoms with Crippen molar-refractivity contribution in [2.75, 3.05) is 13.1 Å². The van der Waals surface area contributed by atoms with Crippen LogP contribution in [0.3, 0.4) is 0 Å². The van der Waals surface area contributed by atoms with Gasteiger partial charge in [-0.25, -0.2) is 0 Å². The number of carbonyl (C=O) groups excluding carboxylic acids is 1. The molecule has 6 fully saturated rings. The smallest absolute Gasteiger partial charge is 0.156 e. The lowest BCUT2D eigenvalue weighted by atomic mass is 9.45. The van der Waals surface area contributed by atoms with Crippen molar-refractivity contribution in [1.29, 1.82) is 0 Å². The minimum atomic E-state index is -0.0229. The molecule has 2 heterocycles. The van der Waals surface area contributed by atoms with Crippen molar-refractivity contribution in [3.05, 3.63) is 0 Å².